The number of hydrogen-bond donors (Lipinski definition) is 1. The molecule has 12 nitrogen and oxygen atoms in total. The number of nitrogens with one attached hydrogen (secondary N) is 1. The van der Waals surface area contributed by atoms with E-state index in [-0.39, 0.29) is 29.7 Å². The maximum atomic E-state index is 14.7. The molecule has 0 radical (unpaired) electrons. The Morgan fingerprint density at radius 2 is 1.08 bits per heavy atom. The molecule has 6 rings (SSSR count). The maximum Gasteiger partial charge on any atom is 0.337 e. The SMILES string of the molecule is CN1CCN(C(=O)Nc2ccc(Br)cc2)CC1.COC(=O)c1ccc(CBr)c(F)c1.COC(=O)c1ccc(CN(C(=O)N2CCN(C)CC2)c2ccc(Br)cc2)c(F)c1. The fraction of sp³-hybridized carbons (Fsp3) is 0.333. The van der Waals surface area contributed by atoms with Crippen molar-refractivity contribution in [1.82, 2.24) is 19.6 Å². The third-order valence-electron chi connectivity index (χ3n) is 9.45. The summed E-state index contributed by atoms with van der Waals surface area (Å²) in [7, 11) is 6.60. The number of alkyl halides is 1. The monoisotopic (exact) mass is 1010 g/mol. The zero-order chi connectivity index (χ0) is 43.1. The lowest BCUT2D eigenvalue weighted by molar-refractivity contribution is 0.0591. The van der Waals surface area contributed by atoms with Crippen molar-refractivity contribution in [2.24, 2.45) is 0 Å². The first-order valence-electron chi connectivity index (χ1n) is 18.5. The summed E-state index contributed by atoms with van der Waals surface area (Å²) in [5.41, 5.74) is 2.71. The van der Waals surface area contributed by atoms with E-state index in [2.05, 4.69) is 79.4 Å². The summed E-state index contributed by atoms with van der Waals surface area (Å²) in [5, 5.41) is 3.33. The minimum absolute atomic E-state index is 0.0135. The molecule has 0 bridgehead atoms. The number of carbonyl (C=O) groups excluding carboxylic acids is 4. The molecule has 0 spiro atoms. The van der Waals surface area contributed by atoms with Crippen LogP contribution in [0.4, 0.5) is 29.7 Å². The maximum absolute atomic E-state index is 14.7. The lowest BCUT2D eigenvalue weighted by Crippen LogP contribution is -2.52. The quantitative estimate of drug-likeness (QED) is 0.145. The van der Waals surface area contributed by atoms with Gasteiger partial charge in [-0.15, -0.1) is 0 Å². The minimum atomic E-state index is -0.603. The van der Waals surface area contributed by atoms with Gasteiger partial charge in [0.15, 0.2) is 0 Å². The Morgan fingerprint density at radius 1 is 0.644 bits per heavy atom. The number of methoxy groups -OCH3 is 2. The van der Waals surface area contributed by atoms with Gasteiger partial charge in [0.05, 0.1) is 31.9 Å². The van der Waals surface area contributed by atoms with Crippen molar-refractivity contribution >= 4 is 83.2 Å². The minimum Gasteiger partial charge on any atom is -0.465 e. The number of halogens is 5. The van der Waals surface area contributed by atoms with Gasteiger partial charge in [0.25, 0.3) is 0 Å². The number of benzene rings is 4. The Labute approximate surface area is 368 Å². The van der Waals surface area contributed by atoms with Crippen LogP contribution in [0.1, 0.15) is 31.8 Å². The molecular formula is C42H47Br3F2N6O6. The van der Waals surface area contributed by atoms with E-state index in [0.29, 0.717) is 35.2 Å². The molecule has 2 heterocycles. The fourth-order valence-corrected chi connectivity index (χ4v) is 6.78. The van der Waals surface area contributed by atoms with E-state index in [1.807, 2.05) is 60.5 Å². The number of rotatable bonds is 7. The van der Waals surface area contributed by atoms with Crippen LogP contribution in [-0.2, 0) is 21.3 Å². The van der Waals surface area contributed by atoms with E-state index in [0.717, 1.165) is 60.0 Å². The summed E-state index contributed by atoms with van der Waals surface area (Å²) >= 11 is 9.90. The molecule has 0 unspecified atom stereocenters. The Bertz CT molecular complexity index is 2030. The number of piperazine rings is 2. The van der Waals surface area contributed by atoms with Crippen molar-refractivity contribution in [3.63, 3.8) is 0 Å². The summed E-state index contributed by atoms with van der Waals surface area (Å²) in [5.74, 6) is -2.09. The molecule has 4 amide bonds. The molecule has 0 saturated carbocycles. The zero-order valence-electron chi connectivity index (χ0n) is 33.2. The molecule has 2 saturated heterocycles. The van der Waals surface area contributed by atoms with Crippen LogP contribution in [0.3, 0.4) is 0 Å². The number of hydrogen-bond acceptors (Lipinski definition) is 8. The van der Waals surface area contributed by atoms with Crippen molar-refractivity contribution in [3.05, 3.63) is 128 Å². The number of anilines is 2. The number of esters is 2. The van der Waals surface area contributed by atoms with E-state index >= 15 is 0 Å². The molecule has 2 fully saturated rings. The van der Waals surface area contributed by atoms with E-state index in [4.69, 9.17) is 0 Å². The highest BCUT2D eigenvalue weighted by atomic mass is 79.9. The Morgan fingerprint density at radius 3 is 1.53 bits per heavy atom. The second kappa shape index (κ2) is 23.4. The molecule has 0 aliphatic carbocycles. The van der Waals surface area contributed by atoms with Crippen molar-refractivity contribution < 1.29 is 37.4 Å². The summed E-state index contributed by atoms with van der Waals surface area (Å²) in [6, 6.07) is 23.2. The standard InChI is InChI=1S/C21H23BrFN3O3.C12H16BrN3O.C9H8BrFO2/c1-24-9-11-25(12-10-24)21(28)26(18-7-5-17(22)6-8-18)14-16-4-3-15(13-19(16)23)20(27)29-2;1-15-6-8-16(9-7-15)12(17)14-11-4-2-10(13)3-5-11;1-13-9(12)6-2-3-7(5-10)8(11)4-6/h3-8,13H,9-12,14H2,1-2H3;2-5H,6-9H2,1H3,(H,14,17);2-4H,5H2,1H3. The largest absolute Gasteiger partial charge is 0.465 e. The first-order chi connectivity index (χ1) is 28.2. The Kier molecular flexibility index (Phi) is 18.7. The van der Waals surface area contributed by atoms with Crippen LogP contribution in [0, 0.1) is 11.6 Å². The van der Waals surface area contributed by atoms with Gasteiger partial charge in [-0.3, -0.25) is 4.90 Å². The average molecular weight is 1010 g/mol. The topological polar surface area (TPSA) is 115 Å². The van der Waals surface area contributed by atoms with Crippen molar-refractivity contribution in [2.45, 2.75) is 11.9 Å². The van der Waals surface area contributed by atoms with Crippen LogP contribution in [0.15, 0.2) is 93.9 Å². The van der Waals surface area contributed by atoms with Gasteiger partial charge < -0.3 is 34.4 Å². The van der Waals surface area contributed by atoms with Gasteiger partial charge in [-0.05, 0) is 92.5 Å². The fourth-order valence-electron chi connectivity index (χ4n) is 5.80. The number of ether oxygens (including phenoxy) is 2. The highest BCUT2D eigenvalue weighted by molar-refractivity contribution is 9.10. The Balaban J connectivity index is 0.000000216. The summed E-state index contributed by atoms with van der Waals surface area (Å²) < 4.78 is 38.8. The molecule has 316 valence electrons. The van der Waals surface area contributed by atoms with Crippen LogP contribution in [0.5, 0.6) is 0 Å². The first kappa shape index (κ1) is 47.3. The molecule has 2 aliphatic heterocycles. The number of nitrogens with zero attached hydrogens (tertiary/aromatic N) is 5. The normalized spacial score (nSPS) is 14.2. The predicted molar refractivity (Wildman–Crippen MR) is 235 cm³/mol. The second-order valence-electron chi connectivity index (χ2n) is 13.6. The van der Waals surface area contributed by atoms with Crippen LogP contribution in [0.2, 0.25) is 0 Å². The smallest absolute Gasteiger partial charge is 0.337 e. The van der Waals surface area contributed by atoms with E-state index in [9.17, 15) is 28.0 Å². The van der Waals surface area contributed by atoms with Crippen molar-refractivity contribution in [3.8, 4) is 0 Å². The van der Waals surface area contributed by atoms with Gasteiger partial charge in [-0.2, -0.15) is 0 Å². The van der Waals surface area contributed by atoms with Gasteiger partial charge in [-0.1, -0.05) is 59.9 Å². The van der Waals surface area contributed by atoms with Crippen LogP contribution in [0.25, 0.3) is 0 Å². The van der Waals surface area contributed by atoms with Crippen LogP contribution in [-0.4, -0.2) is 124 Å². The molecule has 0 aromatic heterocycles. The lowest BCUT2D eigenvalue weighted by Gasteiger charge is -2.36. The number of carbonyl (C=O) groups is 4. The molecule has 1 N–H and O–H groups in total. The highest BCUT2D eigenvalue weighted by Gasteiger charge is 2.26. The van der Waals surface area contributed by atoms with Crippen LogP contribution >= 0.6 is 47.8 Å². The first-order valence-corrected chi connectivity index (χ1v) is 21.2. The molecule has 2 aliphatic rings. The van der Waals surface area contributed by atoms with Crippen LogP contribution < -0.4 is 10.2 Å². The molecule has 17 heteroatoms. The number of urea groups is 2. The molecular weight excluding hydrogens is 962 g/mol. The van der Waals surface area contributed by atoms with Gasteiger partial charge >= 0.3 is 24.0 Å². The molecule has 59 heavy (non-hydrogen) atoms. The summed E-state index contributed by atoms with van der Waals surface area (Å²) in [6.07, 6.45) is 0. The van der Waals surface area contributed by atoms with E-state index in [1.165, 1.54) is 38.5 Å². The average Bonchev–Trinajstić information content (AvgIpc) is 3.24. The summed E-state index contributed by atoms with van der Waals surface area (Å²) in [6.45, 7) is 6.34. The number of amides is 4. The third kappa shape index (κ3) is 14.4. The van der Waals surface area contributed by atoms with Gasteiger partial charge in [-0.25, -0.2) is 28.0 Å². The van der Waals surface area contributed by atoms with Gasteiger partial charge in [0.2, 0.25) is 0 Å². The second-order valence-corrected chi connectivity index (χ2v) is 16.0. The Hall–Kier alpha value is -4.42. The van der Waals surface area contributed by atoms with E-state index in [1.54, 1.807) is 15.9 Å². The molecule has 0 atom stereocenters. The molecule has 4 aromatic rings. The zero-order valence-corrected chi connectivity index (χ0v) is 38.0. The van der Waals surface area contributed by atoms with Gasteiger partial charge in [0.1, 0.15) is 11.6 Å². The predicted octanol–water partition coefficient (Wildman–Crippen LogP) is 8.48. The summed E-state index contributed by atoms with van der Waals surface area (Å²) in [4.78, 5) is 57.4. The van der Waals surface area contributed by atoms with Gasteiger partial charge in [0, 0.05) is 83.6 Å². The van der Waals surface area contributed by atoms with Crippen molar-refractivity contribution in [2.75, 3.05) is 90.9 Å². The third-order valence-corrected chi connectivity index (χ3v) is 11.1. The van der Waals surface area contributed by atoms with E-state index < -0.39 is 23.6 Å². The molecule has 4 aromatic carbocycles. The lowest BCUT2D eigenvalue weighted by atomic mass is 10.1. The van der Waals surface area contributed by atoms with Crippen molar-refractivity contribution in [1.29, 1.82) is 0 Å². The highest BCUT2D eigenvalue weighted by Crippen LogP contribution is 2.24. The number of likely N-dealkylation sites (N-methyl/N-ethyl adjacent to an activating group) is 2.